The number of halogens is 2. The van der Waals surface area contributed by atoms with E-state index in [9.17, 15) is 8.78 Å². The van der Waals surface area contributed by atoms with E-state index >= 15 is 0 Å². The van der Waals surface area contributed by atoms with Crippen molar-refractivity contribution in [1.29, 1.82) is 0 Å². The summed E-state index contributed by atoms with van der Waals surface area (Å²) < 4.78 is 27.0. The van der Waals surface area contributed by atoms with Crippen LogP contribution in [0.3, 0.4) is 0 Å². The van der Waals surface area contributed by atoms with Crippen LogP contribution in [-0.4, -0.2) is 5.54 Å². The predicted octanol–water partition coefficient (Wildman–Crippen LogP) is 3.01. The van der Waals surface area contributed by atoms with Crippen LogP contribution in [0.4, 0.5) is 8.78 Å². The van der Waals surface area contributed by atoms with Gasteiger partial charge in [-0.25, -0.2) is 8.78 Å². The number of hydrogen-bond acceptors (Lipinski definition) is 1. The Labute approximate surface area is 94.7 Å². The Hall–Kier alpha value is -0.960. The Morgan fingerprint density at radius 3 is 2.44 bits per heavy atom. The molecule has 2 rings (SSSR count). The van der Waals surface area contributed by atoms with Crippen LogP contribution < -0.4 is 5.73 Å². The highest BCUT2D eigenvalue weighted by atomic mass is 19.1. The van der Waals surface area contributed by atoms with Gasteiger partial charge in [0, 0.05) is 11.1 Å². The highest BCUT2D eigenvalue weighted by Gasteiger charge is 2.37. The Balaban J connectivity index is 2.20. The third kappa shape index (κ3) is 2.09. The predicted molar refractivity (Wildman–Crippen MR) is 60.3 cm³/mol. The van der Waals surface area contributed by atoms with Crippen LogP contribution in [0.2, 0.25) is 0 Å². The minimum Gasteiger partial charge on any atom is -0.325 e. The van der Waals surface area contributed by atoms with E-state index in [4.69, 9.17) is 5.73 Å². The van der Waals surface area contributed by atoms with Gasteiger partial charge in [-0.3, -0.25) is 0 Å². The van der Waals surface area contributed by atoms with Crippen LogP contribution in [-0.2, 0) is 6.42 Å². The fourth-order valence-corrected chi connectivity index (χ4v) is 1.95. The molecule has 1 aromatic carbocycles. The molecule has 0 saturated heterocycles. The summed E-state index contributed by atoms with van der Waals surface area (Å²) >= 11 is 0. The Bertz CT molecular complexity index is 422. The van der Waals surface area contributed by atoms with Gasteiger partial charge in [0.1, 0.15) is 11.6 Å². The van der Waals surface area contributed by atoms with E-state index in [-0.39, 0.29) is 11.1 Å². The zero-order valence-electron chi connectivity index (χ0n) is 9.74. The third-order valence-electron chi connectivity index (χ3n) is 3.58. The molecule has 3 heteroatoms. The molecular formula is C13H17F2N. The molecular weight excluding hydrogens is 208 g/mol. The van der Waals surface area contributed by atoms with E-state index in [1.807, 2.05) is 0 Å². The smallest absolute Gasteiger partial charge is 0.132 e. The first kappa shape index (κ1) is 11.5. The quantitative estimate of drug-likeness (QED) is 0.840. The number of hydrogen-bond donors (Lipinski definition) is 1. The lowest BCUT2D eigenvalue weighted by molar-refractivity contribution is 0.551. The maximum Gasteiger partial charge on any atom is 0.132 e. The first-order valence-corrected chi connectivity index (χ1v) is 5.66. The van der Waals surface area contributed by atoms with Crippen LogP contribution in [0, 0.1) is 25.5 Å². The topological polar surface area (TPSA) is 26.0 Å². The molecule has 2 N–H and O–H groups in total. The number of aryl methyl sites for hydroxylation is 1. The van der Waals surface area contributed by atoms with Gasteiger partial charge in [-0.1, -0.05) is 0 Å². The van der Waals surface area contributed by atoms with E-state index in [0.717, 1.165) is 24.8 Å². The van der Waals surface area contributed by atoms with Crippen LogP contribution >= 0.6 is 0 Å². The average Bonchev–Trinajstić information content (AvgIpc) is 2.98. The third-order valence-corrected chi connectivity index (χ3v) is 3.58. The second-order valence-corrected chi connectivity index (χ2v) is 4.94. The molecule has 0 aliphatic heterocycles. The minimum atomic E-state index is -0.458. The molecule has 1 aromatic rings. The van der Waals surface area contributed by atoms with Gasteiger partial charge in [0.15, 0.2) is 0 Å². The van der Waals surface area contributed by atoms with E-state index in [2.05, 4.69) is 0 Å². The summed E-state index contributed by atoms with van der Waals surface area (Å²) in [5, 5.41) is 0. The lowest BCUT2D eigenvalue weighted by Gasteiger charge is -2.12. The van der Waals surface area contributed by atoms with Gasteiger partial charge in [0.2, 0.25) is 0 Å². The largest absolute Gasteiger partial charge is 0.325 e. The lowest BCUT2D eigenvalue weighted by atomic mass is 9.97. The fraction of sp³-hybridized carbons (Fsp3) is 0.538. The van der Waals surface area contributed by atoms with Crippen molar-refractivity contribution in [1.82, 2.24) is 0 Å². The van der Waals surface area contributed by atoms with Crippen LogP contribution in [0.1, 0.15) is 36.0 Å². The number of nitrogens with two attached hydrogens (primary N) is 1. The van der Waals surface area contributed by atoms with E-state index in [1.54, 1.807) is 6.92 Å². The van der Waals surface area contributed by atoms with E-state index < -0.39 is 11.6 Å². The highest BCUT2D eigenvalue weighted by Crippen LogP contribution is 2.37. The van der Waals surface area contributed by atoms with Crippen molar-refractivity contribution in [2.75, 3.05) is 0 Å². The molecule has 0 atom stereocenters. The van der Waals surface area contributed by atoms with Crippen molar-refractivity contribution in [3.8, 4) is 0 Å². The summed E-state index contributed by atoms with van der Waals surface area (Å²) in [5.74, 6) is -0.878. The van der Waals surface area contributed by atoms with E-state index in [1.165, 1.54) is 13.0 Å². The first-order valence-electron chi connectivity index (χ1n) is 5.66. The summed E-state index contributed by atoms with van der Waals surface area (Å²) in [5.41, 5.74) is 7.31. The molecule has 0 unspecified atom stereocenters. The van der Waals surface area contributed by atoms with Crippen molar-refractivity contribution in [2.24, 2.45) is 5.73 Å². The fourth-order valence-electron chi connectivity index (χ4n) is 1.95. The SMILES string of the molecule is Cc1c(F)cc(CCC2(N)CC2)c(C)c1F. The minimum absolute atomic E-state index is 0.0652. The molecule has 1 aliphatic rings. The molecule has 0 radical (unpaired) electrons. The van der Waals surface area contributed by atoms with Crippen LogP contribution in [0.25, 0.3) is 0 Å². The monoisotopic (exact) mass is 225 g/mol. The normalized spacial score (nSPS) is 17.6. The maximum absolute atomic E-state index is 13.6. The zero-order chi connectivity index (χ0) is 11.9. The van der Waals surface area contributed by atoms with Crippen molar-refractivity contribution < 1.29 is 8.78 Å². The van der Waals surface area contributed by atoms with Gasteiger partial charge in [-0.05, 0) is 56.7 Å². The molecule has 0 amide bonds. The van der Waals surface area contributed by atoms with Crippen molar-refractivity contribution in [3.05, 3.63) is 34.4 Å². The summed E-state index contributed by atoms with van der Waals surface area (Å²) in [6.07, 6.45) is 3.54. The number of rotatable bonds is 3. The van der Waals surface area contributed by atoms with Crippen LogP contribution in [0.5, 0.6) is 0 Å². The zero-order valence-corrected chi connectivity index (χ0v) is 9.74. The lowest BCUT2D eigenvalue weighted by Crippen LogP contribution is -2.22. The standard InChI is InChI=1S/C13H17F2N/c1-8-10(3-4-13(16)5-6-13)7-11(14)9(2)12(8)15/h7H,3-6,16H2,1-2H3. The number of benzene rings is 1. The molecule has 1 nitrogen and oxygen atoms in total. The van der Waals surface area contributed by atoms with Gasteiger partial charge in [-0.15, -0.1) is 0 Å². The molecule has 1 aliphatic carbocycles. The van der Waals surface area contributed by atoms with Gasteiger partial charge >= 0.3 is 0 Å². The molecule has 16 heavy (non-hydrogen) atoms. The van der Waals surface area contributed by atoms with Crippen molar-refractivity contribution >= 4 is 0 Å². The molecule has 0 heterocycles. The summed E-state index contributed by atoms with van der Waals surface area (Å²) in [6, 6.07) is 1.44. The molecule has 88 valence electrons. The average molecular weight is 225 g/mol. The summed E-state index contributed by atoms with van der Waals surface area (Å²) in [4.78, 5) is 0. The molecule has 1 fully saturated rings. The molecule has 0 aromatic heterocycles. The van der Waals surface area contributed by atoms with Crippen molar-refractivity contribution in [3.63, 3.8) is 0 Å². The Kier molecular flexibility index (Phi) is 2.74. The van der Waals surface area contributed by atoms with E-state index in [0.29, 0.717) is 12.0 Å². The Morgan fingerprint density at radius 1 is 1.25 bits per heavy atom. The second-order valence-electron chi connectivity index (χ2n) is 4.94. The summed E-state index contributed by atoms with van der Waals surface area (Å²) in [6.45, 7) is 3.17. The van der Waals surface area contributed by atoms with Crippen LogP contribution in [0.15, 0.2) is 6.07 Å². The first-order chi connectivity index (χ1) is 7.43. The molecule has 0 spiro atoms. The molecule has 1 saturated carbocycles. The highest BCUT2D eigenvalue weighted by molar-refractivity contribution is 5.34. The van der Waals surface area contributed by atoms with Gasteiger partial charge in [-0.2, -0.15) is 0 Å². The van der Waals surface area contributed by atoms with Gasteiger partial charge < -0.3 is 5.73 Å². The van der Waals surface area contributed by atoms with Gasteiger partial charge in [0.25, 0.3) is 0 Å². The second kappa shape index (κ2) is 3.81. The Morgan fingerprint density at radius 2 is 1.88 bits per heavy atom. The van der Waals surface area contributed by atoms with Gasteiger partial charge in [0.05, 0.1) is 0 Å². The molecule has 0 bridgehead atoms. The summed E-state index contributed by atoms with van der Waals surface area (Å²) in [7, 11) is 0. The maximum atomic E-state index is 13.6. The van der Waals surface area contributed by atoms with Crippen molar-refractivity contribution in [2.45, 2.75) is 45.1 Å².